The van der Waals surface area contributed by atoms with Crippen LogP contribution >= 0.6 is 0 Å². The number of hydrogen-bond acceptors (Lipinski definition) is 3. The number of rotatable bonds is 5. The second-order valence-corrected chi connectivity index (χ2v) is 7.22. The van der Waals surface area contributed by atoms with E-state index in [1.165, 1.54) is 5.56 Å². The van der Waals surface area contributed by atoms with Crippen LogP contribution < -0.4 is 15.4 Å². The fourth-order valence-corrected chi connectivity index (χ4v) is 3.69. The maximum absolute atomic E-state index is 12.9. The van der Waals surface area contributed by atoms with Crippen LogP contribution in [-0.4, -0.2) is 19.0 Å². The van der Waals surface area contributed by atoms with Crippen molar-refractivity contribution in [1.29, 1.82) is 0 Å². The van der Waals surface area contributed by atoms with Crippen LogP contribution in [-0.2, 0) is 4.79 Å². The van der Waals surface area contributed by atoms with E-state index in [2.05, 4.69) is 22.8 Å². The van der Waals surface area contributed by atoms with Crippen molar-refractivity contribution >= 4 is 11.6 Å². The Bertz CT molecular complexity index is 956. The van der Waals surface area contributed by atoms with Crippen LogP contribution in [0, 0.1) is 12.8 Å². The Kier molecular flexibility index (Phi) is 5.40. The van der Waals surface area contributed by atoms with Gasteiger partial charge in [0.25, 0.3) is 0 Å². The molecule has 1 fully saturated rings. The normalized spacial score (nSPS) is 18.6. The molecule has 2 atom stereocenters. The first-order valence-corrected chi connectivity index (χ1v) is 9.60. The number of carbonyl (C=O) groups is 1. The van der Waals surface area contributed by atoms with Crippen LogP contribution in [0.5, 0.6) is 11.5 Å². The van der Waals surface area contributed by atoms with Gasteiger partial charge in [0, 0.05) is 30.8 Å². The van der Waals surface area contributed by atoms with E-state index in [9.17, 15) is 4.79 Å². The van der Waals surface area contributed by atoms with Gasteiger partial charge in [0.1, 0.15) is 11.5 Å². The molecule has 4 nitrogen and oxygen atoms in total. The van der Waals surface area contributed by atoms with Gasteiger partial charge in [-0.15, -0.1) is 0 Å². The summed E-state index contributed by atoms with van der Waals surface area (Å²) in [6, 6.07) is 25.7. The number of aryl methyl sites for hydroxylation is 1. The van der Waals surface area contributed by atoms with Crippen molar-refractivity contribution in [2.24, 2.45) is 5.92 Å². The van der Waals surface area contributed by atoms with Crippen molar-refractivity contribution in [2.45, 2.75) is 12.8 Å². The average Bonchev–Trinajstić information content (AvgIpc) is 3.19. The van der Waals surface area contributed by atoms with Crippen LogP contribution in [0.15, 0.2) is 78.9 Å². The van der Waals surface area contributed by atoms with Crippen molar-refractivity contribution in [2.75, 3.05) is 18.4 Å². The minimum Gasteiger partial charge on any atom is -0.457 e. The van der Waals surface area contributed by atoms with E-state index in [0.717, 1.165) is 23.5 Å². The third-order valence-corrected chi connectivity index (χ3v) is 5.11. The summed E-state index contributed by atoms with van der Waals surface area (Å²) in [4.78, 5) is 12.9. The number of amides is 1. The summed E-state index contributed by atoms with van der Waals surface area (Å²) >= 11 is 0. The van der Waals surface area contributed by atoms with Crippen molar-refractivity contribution in [3.05, 3.63) is 90.0 Å². The smallest absolute Gasteiger partial charge is 0.229 e. The highest BCUT2D eigenvalue weighted by molar-refractivity contribution is 5.93. The fraction of sp³-hybridized carbons (Fsp3) is 0.208. The number of ether oxygens (including phenoxy) is 1. The highest BCUT2D eigenvalue weighted by atomic mass is 16.5. The summed E-state index contributed by atoms with van der Waals surface area (Å²) in [6.07, 6.45) is 0. The minimum absolute atomic E-state index is 0.0339. The zero-order valence-corrected chi connectivity index (χ0v) is 15.9. The van der Waals surface area contributed by atoms with Crippen molar-refractivity contribution < 1.29 is 9.53 Å². The molecule has 1 aliphatic rings. The van der Waals surface area contributed by atoms with Crippen molar-refractivity contribution in [3.63, 3.8) is 0 Å². The molecular formula is C24H24N2O2. The van der Waals surface area contributed by atoms with Gasteiger partial charge in [-0.3, -0.25) is 4.79 Å². The van der Waals surface area contributed by atoms with E-state index < -0.39 is 0 Å². The summed E-state index contributed by atoms with van der Waals surface area (Å²) in [5.74, 6) is 1.61. The van der Waals surface area contributed by atoms with Crippen LogP contribution in [0.3, 0.4) is 0 Å². The molecule has 0 saturated carbocycles. The van der Waals surface area contributed by atoms with Crippen molar-refractivity contribution in [3.8, 4) is 11.5 Å². The molecule has 0 radical (unpaired) electrons. The molecule has 3 aromatic rings. The summed E-state index contributed by atoms with van der Waals surface area (Å²) in [5.41, 5.74) is 3.08. The molecule has 0 aliphatic carbocycles. The Morgan fingerprint density at radius 3 is 2.46 bits per heavy atom. The lowest BCUT2D eigenvalue weighted by Crippen LogP contribution is -2.28. The Hall–Kier alpha value is -3.11. The quantitative estimate of drug-likeness (QED) is 0.681. The summed E-state index contributed by atoms with van der Waals surface area (Å²) in [7, 11) is 0. The van der Waals surface area contributed by atoms with E-state index in [4.69, 9.17) is 4.74 Å². The van der Waals surface area contributed by atoms with Gasteiger partial charge in [-0.1, -0.05) is 48.5 Å². The third-order valence-electron chi connectivity index (χ3n) is 5.11. The highest BCUT2D eigenvalue weighted by Crippen LogP contribution is 2.30. The summed E-state index contributed by atoms with van der Waals surface area (Å²) < 4.78 is 5.93. The number of hydrogen-bond donors (Lipinski definition) is 2. The molecule has 1 heterocycles. The predicted octanol–water partition coefficient (Wildman–Crippen LogP) is 4.73. The van der Waals surface area contributed by atoms with Gasteiger partial charge < -0.3 is 15.4 Å². The number of benzene rings is 3. The molecular weight excluding hydrogens is 348 g/mol. The largest absolute Gasteiger partial charge is 0.457 e. The maximum atomic E-state index is 12.9. The minimum atomic E-state index is -0.0938. The van der Waals surface area contributed by atoms with Crippen LogP contribution in [0.25, 0.3) is 0 Å². The van der Waals surface area contributed by atoms with Gasteiger partial charge in [0.2, 0.25) is 5.91 Å². The summed E-state index contributed by atoms with van der Waals surface area (Å²) in [6.45, 7) is 3.53. The Labute approximate surface area is 165 Å². The van der Waals surface area contributed by atoms with Gasteiger partial charge in [-0.2, -0.15) is 0 Å². The molecule has 1 saturated heterocycles. The van der Waals surface area contributed by atoms with Gasteiger partial charge >= 0.3 is 0 Å². The standard InChI is InChI=1S/C24H24N2O2/c1-17-7-5-11-20(13-17)28-21-12-6-10-19(14-21)26-24(27)23-16-25-15-22(23)18-8-3-2-4-9-18/h2-14,22-23,25H,15-16H2,1H3,(H,26,27)/t22-,23+/m0/s1. The van der Waals surface area contributed by atoms with Gasteiger partial charge in [-0.05, 0) is 42.3 Å². The molecule has 28 heavy (non-hydrogen) atoms. The highest BCUT2D eigenvalue weighted by Gasteiger charge is 2.33. The molecule has 2 N–H and O–H groups in total. The van der Waals surface area contributed by atoms with Crippen LogP contribution in [0.2, 0.25) is 0 Å². The lowest BCUT2D eigenvalue weighted by molar-refractivity contribution is -0.119. The Balaban J connectivity index is 1.46. The summed E-state index contributed by atoms with van der Waals surface area (Å²) in [5, 5.41) is 6.41. The zero-order valence-electron chi connectivity index (χ0n) is 15.9. The van der Waals surface area contributed by atoms with Gasteiger partial charge in [0.15, 0.2) is 0 Å². The van der Waals surface area contributed by atoms with E-state index in [1.54, 1.807) is 0 Å². The predicted molar refractivity (Wildman–Crippen MR) is 112 cm³/mol. The maximum Gasteiger partial charge on any atom is 0.229 e. The molecule has 4 rings (SSSR count). The second kappa shape index (κ2) is 8.28. The Morgan fingerprint density at radius 1 is 0.929 bits per heavy atom. The average molecular weight is 372 g/mol. The number of anilines is 1. The molecule has 3 aromatic carbocycles. The van der Waals surface area contributed by atoms with Crippen LogP contribution in [0.1, 0.15) is 17.0 Å². The Morgan fingerprint density at radius 2 is 1.68 bits per heavy atom. The molecule has 142 valence electrons. The molecule has 0 spiro atoms. The zero-order chi connectivity index (χ0) is 19.3. The first-order valence-electron chi connectivity index (χ1n) is 9.60. The molecule has 1 amide bonds. The van der Waals surface area contributed by atoms with Gasteiger partial charge in [-0.25, -0.2) is 0 Å². The van der Waals surface area contributed by atoms with E-state index in [1.807, 2.05) is 73.7 Å². The van der Waals surface area contributed by atoms with E-state index in [0.29, 0.717) is 12.3 Å². The lowest BCUT2D eigenvalue weighted by Gasteiger charge is -2.19. The van der Waals surface area contributed by atoms with Gasteiger partial charge in [0.05, 0.1) is 5.92 Å². The van der Waals surface area contributed by atoms with Crippen LogP contribution in [0.4, 0.5) is 5.69 Å². The number of carbonyl (C=O) groups excluding carboxylic acids is 1. The molecule has 4 heteroatoms. The molecule has 0 aromatic heterocycles. The SMILES string of the molecule is Cc1cccc(Oc2cccc(NC(=O)[C@@H]3CNC[C@H]3c3ccccc3)c2)c1. The fourth-order valence-electron chi connectivity index (χ4n) is 3.69. The van der Waals surface area contributed by atoms with E-state index >= 15 is 0 Å². The molecule has 1 aliphatic heterocycles. The molecule has 0 unspecified atom stereocenters. The lowest BCUT2D eigenvalue weighted by atomic mass is 9.88. The third kappa shape index (κ3) is 4.24. The number of nitrogens with one attached hydrogen (secondary N) is 2. The topological polar surface area (TPSA) is 50.4 Å². The molecule has 0 bridgehead atoms. The second-order valence-electron chi connectivity index (χ2n) is 7.22. The first-order chi connectivity index (χ1) is 13.7. The van der Waals surface area contributed by atoms with Crippen molar-refractivity contribution in [1.82, 2.24) is 5.32 Å². The van der Waals surface area contributed by atoms with E-state index in [-0.39, 0.29) is 17.7 Å². The first kappa shape index (κ1) is 18.3. The monoisotopic (exact) mass is 372 g/mol.